The molecule has 1 aliphatic carbocycles. The zero-order chi connectivity index (χ0) is 13.2. The molecule has 1 aliphatic heterocycles. The lowest BCUT2D eigenvalue weighted by Crippen LogP contribution is -2.45. The van der Waals surface area contributed by atoms with E-state index in [-0.39, 0.29) is 11.7 Å². The van der Waals surface area contributed by atoms with Crippen LogP contribution in [0.25, 0.3) is 0 Å². The molecule has 3 unspecified atom stereocenters. The Morgan fingerprint density at radius 3 is 2.33 bits per heavy atom. The van der Waals surface area contributed by atoms with Crippen molar-refractivity contribution in [2.45, 2.75) is 77.4 Å². The van der Waals surface area contributed by atoms with Crippen LogP contribution < -0.4 is 0 Å². The predicted molar refractivity (Wildman–Crippen MR) is 74.5 cm³/mol. The number of rotatable bonds is 3. The maximum Gasteiger partial charge on any atom is 0.0685 e. The lowest BCUT2D eigenvalue weighted by atomic mass is 9.68. The molecule has 106 valence electrons. The summed E-state index contributed by atoms with van der Waals surface area (Å²) in [5.74, 6) is 1.65. The Kier molecular flexibility index (Phi) is 4.71. The highest BCUT2D eigenvalue weighted by Gasteiger charge is 2.42. The maximum atomic E-state index is 10.1. The molecular formula is C16H30O2. The van der Waals surface area contributed by atoms with E-state index in [9.17, 15) is 5.11 Å². The van der Waals surface area contributed by atoms with Crippen LogP contribution in [0, 0.1) is 17.8 Å². The van der Waals surface area contributed by atoms with E-state index in [2.05, 4.69) is 13.8 Å². The molecule has 2 heteroatoms. The van der Waals surface area contributed by atoms with E-state index in [0.717, 1.165) is 13.0 Å². The fourth-order valence-electron chi connectivity index (χ4n) is 4.43. The topological polar surface area (TPSA) is 29.5 Å². The first kappa shape index (κ1) is 14.3. The molecule has 0 amide bonds. The highest BCUT2D eigenvalue weighted by molar-refractivity contribution is 4.92. The summed E-state index contributed by atoms with van der Waals surface area (Å²) < 4.78 is 6.16. The van der Waals surface area contributed by atoms with Crippen LogP contribution in [0.4, 0.5) is 0 Å². The van der Waals surface area contributed by atoms with Crippen LogP contribution in [0.2, 0.25) is 0 Å². The SMILES string of the molecule is CC(C)C(C(C)O)C1CCOC2(CCCCC2)C1. The van der Waals surface area contributed by atoms with E-state index in [0.29, 0.717) is 17.8 Å². The fraction of sp³-hybridized carbons (Fsp3) is 1.00. The number of aliphatic hydroxyl groups is 1. The monoisotopic (exact) mass is 254 g/mol. The van der Waals surface area contributed by atoms with Gasteiger partial charge in [-0.15, -0.1) is 0 Å². The van der Waals surface area contributed by atoms with Crippen molar-refractivity contribution in [3.05, 3.63) is 0 Å². The van der Waals surface area contributed by atoms with Crippen LogP contribution in [0.15, 0.2) is 0 Å². The quantitative estimate of drug-likeness (QED) is 0.830. The van der Waals surface area contributed by atoms with Crippen LogP contribution >= 0.6 is 0 Å². The standard InChI is InChI=1S/C16H30O2/c1-12(2)15(13(3)17)14-7-10-18-16(11-14)8-5-4-6-9-16/h12-15,17H,4-11H2,1-3H3. The molecule has 0 bridgehead atoms. The average molecular weight is 254 g/mol. The van der Waals surface area contributed by atoms with Gasteiger partial charge in [-0.25, -0.2) is 0 Å². The Balaban J connectivity index is 2.04. The first-order valence-corrected chi connectivity index (χ1v) is 7.86. The molecule has 0 aromatic rings. The van der Waals surface area contributed by atoms with Crippen LogP contribution in [0.5, 0.6) is 0 Å². The van der Waals surface area contributed by atoms with Crippen molar-refractivity contribution in [3.8, 4) is 0 Å². The van der Waals surface area contributed by atoms with Crippen molar-refractivity contribution in [2.75, 3.05) is 6.61 Å². The molecule has 3 atom stereocenters. The Labute approximate surface area is 112 Å². The second kappa shape index (κ2) is 5.92. The maximum absolute atomic E-state index is 10.1. The van der Waals surface area contributed by atoms with Gasteiger partial charge in [0.15, 0.2) is 0 Å². The third kappa shape index (κ3) is 3.08. The van der Waals surface area contributed by atoms with Crippen molar-refractivity contribution in [3.63, 3.8) is 0 Å². The molecule has 1 saturated carbocycles. The third-order valence-corrected chi connectivity index (χ3v) is 5.17. The number of ether oxygens (including phenoxy) is 1. The van der Waals surface area contributed by atoms with Gasteiger partial charge in [-0.3, -0.25) is 0 Å². The number of hydrogen-bond donors (Lipinski definition) is 1. The Bertz CT molecular complexity index is 240. The summed E-state index contributed by atoms with van der Waals surface area (Å²) in [5.41, 5.74) is 0.170. The minimum atomic E-state index is -0.186. The lowest BCUT2D eigenvalue weighted by Gasteiger charge is -2.47. The van der Waals surface area contributed by atoms with E-state index in [4.69, 9.17) is 4.74 Å². The van der Waals surface area contributed by atoms with E-state index in [1.54, 1.807) is 0 Å². The zero-order valence-corrected chi connectivity index (χ0v) is 12.3. The van der Waals surface area contributed by atoms with E-state index in [1.807, 2.05) is 6.92 Å². The summed E-state index contributed by atoms with van der Waals surface area (Å²) in [6.45, 7) is 7.37. The van der Waals surface area contributed by atoms with Crippen molar-refractivity contribution in [1.82, 2.24) is 0 Å². The summed E-state index contributed by atoms with van der Waals surface area (Å²) in [4.78, 5) is 0. The van der Waals surface area contributed by atoms with Crippen molar-refractivity contribution in [1.29, 1.82) is 0 Å². The van der Waals surface area contributed by atoms with Crippen LogP contribution in [-0.2, 0) is 4.74 Å². The summed E-state index contributed by atoms with van der Waals surface area (Å²) in [5, 5.41) is 10.1. The summed E-state index contributed by atoms with van der Waals surface area (Å²) in [7, 11) is 0. The lowest BCUT2D eigenvalue weighted by molar-refractivity contribution is -0.135. The molecule has 1 spiro atoms. The molecule has 1 N–H and O–H groups in total. The molecule has 1 saturated heterocycles. The molecule has 0 aromatic heterocycles. The van der Waals surface area contributed by atoms with Crippen molar-refractivity contribution in [2.24, 2.45) is 17.8 Å². The average Bonchev–Trinajstić information content (AvgIpc) is 2.29. The van der Waals surface area contributed by atoms with Gasteiger partial charge in [-0.1, -0.05) is 33.1 Å². The van der Waals surface area contributed by atoms with E-state index in [1.165, 1.54) is 38.5 Å². The summed E-state index contributed by atoms with van der Waals surface area (Å²) >= 11 is 0. The first-order valence-electron chi connectivity index (χ1n) is 7.86. The molecular weight excluding hydrogens is 224 g/mol. The van der Waals surface area contributed by atoms with Crippen molar-refractivity contribution < 1.29 is 9.84 Å². The minimum Gasteiger partial charge on any atom is -0.393 e. The Hall–Kier alpha value is -0.0800. The molecule has 18 heavy (non-hydrogen) atoms. The molecule has 0 radical (unpaired) electrons. The van der Waals surface area contributed by atoms with Gasteiger partial charge in [0, 0.05) is 6.61 Å². The second-order valence-corrected chi connectivity index (χ2v) is 6.91. The molecule has 2 fully saturated rings. The number of aliphatic hydroxyl groups excluding tert-OH is 1. The molecule has 2 rings (SSSR count). The normalized spacial score (nSPS) is 31.5. The van der Waals surface area contributed by atoms with Gasteiger partial charge in [-0.05, 0) is 50.4 Å². The summed E-state index contributed by atoms with van der Waals surface area (Å²) in [6, 6.07) is 0. The molecule has 2 nitrogen and oxygen atoms in total. The van der Waals surface area contributed by atoms with Crippen LogP contribution in [0.3, 0.4) is 0 Å². The predicted octanol–water partition coefficient (Wildman–Crippen LogP) is 3.77. The second-order valence-electron chi connectivity index (χ2n) is 6.91. The first-order chi connectivity index (χ1) is 8.54. The molecule has 0 aromatic carbocycles. The van der Waals surface area contributed by atoms with Crippen LogP contribution in [-0.4, -0.2) is 23.4 Å². The van der Waals surface area contributed by atoms with E-state index >= 15 is 0 Å². The summed E-state index contributed by atoms with van der Waals surface area (Å²) in [6.07, 6.45) is 8.65. The highest BCUT2D eigenvalue weighted by Crippen LogP contribution is 2.44. The van der Waals surface area contributed by atoms with Gasteiger partial charge in [0.2, 0.25) is 0 Å². The van der Waals surface area contributed by atoms with Gasteiger partial charge in [0.1, 0.15) is 0 Å². The zero-order valence-electron chi connectivity index (χ0n) is 12.3. The van der Waals surface area contributed by atoms with E-state index < -0.39 is 0 Å². The van der Waals surface area contributed by atoms with Crippen LogP contribution in [0.1, 0.15) is 65.7 Å². The van der Waals surface area contributed by atoms with Gasteiger partial charge in [0.05, 0.1) is 11.7 Å². The minimum absolute atomic E-state index is 0.170. The van der Waals surface area contributed by atoms with Crippen molar-refractivity contribution >= 4 is 0 Å². The van der Waals surface area contributed by atoms with Gasteiger partial charge in [0.25, 0.3) is 0 Å². The Morgan fingerprint density at radius 2 is 1.78 bits per heavy atom. The van der Waals surface area contributed by atoms with Gasteiger partial charge in [-0.2, -0.15) is 0 Å². The fourth-order valence-corrected chi connectivity index (χ4v) is 4.43. The molecule has 1 heterocycles. The smallest absolute Gasteiger partial charge is 0.0685 e. The molecule has 2 aliphatic rings. The highest BCUT2D eigenvalue weighted by atomic mass is 16.5. The number of hydrogen-bond acceptors (Lipinski definition) is 2. The van der Waals surface area contributed by atoms with Gasteiger partial charge < -0.3 is 9.84 Å². The van der Waals surface area contributed by atoms with Gasteiger partial charge >= 0.3 is 0 Å². The largest absolute Gasteiger partial charge is 0.393 e. The third-order valence-electron chi connectivity index (χ3n) is 5.17. The Morgan fingerprint density at radius 1 is 1.11 bits per heavy atom.